The fourth-order valence-electron chi connectivity index (χ4n) is 0.727. The highest BCUT2D eigenvalue weighted by atomic mass is 32.2. The summed E-state index contributed by atoms with van der Waals surface area (Å²) < 4.78 is 0. The van der Waals surface area contributed by atoms with E-state index >= 15 is 0 Å². The molecule has 0 amide bonds. The van der Waals surface area contributed by atoms with Crippen LogP contribution in [-0.4, -0.2) is 12.0 Å². The van der Waals surface area contributed by atoms with E-state index in [0.717, 1.165) is 6.29 Å². The van der Waals surface area contributed by atoms with Gasteiger partial charge in [-0.2, -0.15) is 0 Å². The van der Waals surface area contributed by atoms with Crippen LogP contribution in [0.25, 0.3) is 0 Å². The normalized spacial score (nSPS) is 9.33. The monoisotopic (exact) mass is 178 g/mol. The van der Waals surface area contributed by atoms with Crippen molar-refractivity contribution in [1.82, 2.24) is 0 Å². The highest BCUT2D eigenvalue weighted by molar-refractivity contribution is 7.99. The standard InChI is InChI=1S/C10H10OS/c1-9(7-11)8-12-10-5-3-2-4-6-10/h2-7H,1,8H2. The molecule has 0 aliphatic heterocycles. The molecule has 0 saturated heterocycles. The van der Waals surface area contributed by atoms with Gasteiger partial charge in [-0.15, -0.1) is 11.8 Å². The summed E-state index contributed by atoms with van der Waals surface area (Å²) in [7, 11) is 0. The van der Waals surface area contributed by atoms with Gasteiger partial charge in [-0.05, 0) is 17.7 Å². The smallest absolute Gasteiger partial charge is 0.146 e. The summed E-state index contributed by atoms with van der Waals surface area (Å²) >= 11 is 1.62. The minimum Gasteiger partial charge on any atom is -0.298 e. The van der Waals surface area contributed by atoms with E-state index < -0.39 is 0 Å². The lowest BCUT2D eigenvalue weighted by Gasteiger charge is -1.98. The maximum absolute atomic E-state index is 10.2. The number of benzene rings is 1. The Morgan fingerprint density at radius 2 is 2.08 bits per heavy atom. The van der Waals surface area contributed by atoms with Crippen LogP contribution in [0, 0.1) is 0 Å². The Labute approximate surface area is 76.5 Å². The molecule has 0 bridgehead atoms. The van der Waals surface area contributed by atoms with Crippen LogP contribution >= 0.6 is 11.8 Å². The van der Waals surface area contributed by atoms with Gasteiger partial charge in [0.2, 0.25) is 0 Å². The van der Waals surface area contributed by atoms with Gasteiger partial charge < -0.3 is 0 Å². The maximum atomic E-state index is 10.2. The molecular formula is C10H10OS. The van der Waals surface area contributed by atoms with Gasteiger partial charge in [0.1, 0.15) is 6.29 Å². The molecule has 2 heteroatoms. The zero-order chi connectivity index (χ0) is 8.81. The molecule has 1 nitrogen and oxygen atoms in total. The second-order valence-electron chi connectivity index (χ2n) is 2.38. The zero-order valence-electron chi connectivity index (χ0n) is 6.69. The summed E-state index contributed by atoms with van der Waals surface area (Å²) in [6, 6.07) is 9.96. The first kappa shape index (κ1) is 9.07. The first-order chi connectivity index (χ1) is 5.83. The van der Waals surface area contributed by atoms with Gasteiger partial charge in [-0.25, -0.2) is 0 Å². The summed E-state index contributed by atoms with van der Waals surface area (Å²) in [5, 5.41) is 0. The number of hydrogen-bond acceptors (Lipinski definition) is 2. The van der Waals surface area contributed by atoms with Gasteiger partial charge in [0.05, 0.1) is 0 Å². The Morgan fingerprint density at radius 3 is 2.67 bits per heavy atom. The molecule has 12 heavy (non-hydrogen) atoms. The van der Waals surface area contributed by atoms with Crippen molar-refractivity contribution in [2.75, 3.05) is 5.75 Å². The molecule has 0 spiro atoms. The molecule has 0 saturated carbocycles. The van der Waals surface area contributed by atoms with E-state index in [-0.39, 0.29) is 0 Å². The van der Waals surface area contributed by atoms with Gasteiger partial charge in [0.15, 0.2) is 0 Å². The van der Waals surface area contributed by atoms with Gasteiger partial charge in [-0.1, -0.05) is 24.8 Å². The van der Waals surface area contributed by atoms with Gasteiger partial charge in [-0.3, -0.25) is 4.79 Å². The first-order valence-electron chi connectivity index (χ1n) is 3.63. The lowest BCUT2D eigenvalue weighted by Crippen LogP contribution is -1.85. The minimum absolute atomic E-state index is 0.629. The lowest BCUT2D eigenvalue weighted by atomic mass is 10.4. The first-order valence-corrected chi connectivity index (χ1v) is 4.62. The van der Waals surface area contributed by atoms with Gasteiger partial charge in [0.25, 0.3) is 0 Å². The van der Waals surface area contributed by atoms with E-state index in [1.807, 2.05) is 30.3 Å². The molecule has 0 aliphatic carbocycles. The number of carbonyl (C=O) groups is 1. The molecule has 1 rings (SSSR count). The fraction of sp³-hybridized carbons (Fsp3) is 0.100. The van der Waals surface area contributed by atoms with Crippen molar-refractivity contribution in [3.63, 3.8) is 0 Å². The van der Waals surface area contributed by atoms with Crippen LogP contribution in [0.5, 0.6) is 0 Å². The van der Waals surface area contributed by atoms with Crippen molar-refractivity contribution >= 4 is 18.0 Å². The van der Waals surface area contributed by atoms with Crippen LogP contribution in [0.3, 0.4) is 0 Å². The fourth-order valence-corrected chi connectivity index (χ4v) is 1.50. The van der Waals surface area contributed by atoms with Crippen LogP contribution in [0.2, 0.25) is 0 Å². The summed E-state index contributed by atoms with van der Waals surface area (Å²) in [5.41, 5.74) is 0.629. The second-order valence-corrected chi connectivity index (χ2v) is 3.43. The number of aldehydes is 1. The molecule has 0 atom stereocenters. The second kappa shape index (κ2) is 4.78. The molecule has 0 unspecified atom stereocenters. The van der Waals surface area contributed by atoms with E-state index in [0.29, 0.717) is 11.3 Å². The average molecular weight is 178 g/mol. The third kappa shape index (κ3) is 2.93. The average Bonchev–Trinajstić information content (AvgIpc) is 2.16. The largest absolute Gasteiger partial charge is 0.298 e. The topological polar surface area (TPSA) is 17.1 Å². The Morgan fingerprint density at radius 1 is 1.42 bits per heavy atom. The third-order valence-corrected chi connectivity index (χ3v) is 2.45. The lowest BCUT2D eigenvalue weighted by molar-refractivity contribution is -0.104. The van der Waals surface area contributed by atoms with E-state index in [9.17, 15) is 4.79 Å². The van der Waals surface area contributed by atoms with Crippen molar-refractivity contribution in [2.45, 2.75) is 4.90 Å². The zero-order valence-corrected chi connectivity index (χ0v) is 7.51. The predicted octanol–water partition coefficient (Wildman–Crippen LogP) is 2.53. The molecule has 0 aliphatic rings. The van der Waals surface area contributed by atoms with Gasteiger partial charge in [0, 0.05) is 10.6 Å². The van der Waals surface area contributed by atoms with E-state index in [1.165, 1.54) is 4.90 Å². The Bertz CT molecular complexity index is 266. The number of thioether (sulfide) groups is 1. The minimum atomic E-state index is 0.629. The maximum Gasteiger partial charge on any atom is 0.146 e. The quantitative estimate of drug-likeness (QED) is 0.400. The van der Waals surface area contributed by atoms with Crippen LogP contribution < -0.4 is 0 Å². The Hall–Kier alpha value is -1.02. The van der Waals surface area contributed by atoms with E-state index in [1.54, 1.807) is 11.8 Å². The van der Waals surface area contributed by atoms with Crippen molar-refractivity contribution in [3.05, 3.63) is 42.5 Å². The predicted molar refractivity (Wildman–Crippen MR) is 52.4 cm³/mol. The third-order valence-electron chi connectivity index (χ3n) is 1.33. The molecular weight excluding hydrogens is 168 g/mol. The Balaban J connectivity index is 2.43. The summed E-state index contributed by atoms with van der Waals surface area (Å²) in [6.45, 7) is 3.60. The van der Waals surface area contributed by atoms with Crippen LogP contribution in [0.15, 0.2) is 47.4 Å². The molecule has 0 aromatic heterocycles. The van der Waals surface area contributed by atoms with Crippen molar-refractivity contribution < 1.29 is 4.79 Å². The van der Waals surface area contributed by atoms with Crippen molar-refractivity contribution in [2.24, 2.45) is 0 Å². The number of rotatable bonds is 4. The SMILES string of the molecule is C=C(C=O)CSc1ccccc1. The highest BCUT2D eigenvalue weighted by Gasteiger charge is 1.93. The van der Waals surface area contributed by atoms with Crippen molar-refractivity contribution in [3.8, 4) is 0 Å². The summed E-state index contributed by atoms with van der Waals surface area (Å²) in [6.07, 6.45) is 0.802. The molecule has 0 N–H and O–H groups in total. The molecule has 0 heterocycles. The van der Waals surface area contributed by atoms with E-state index in [2.05, 4.69) is 6.58 Å². The molecule has 1 aromatic carbocycles. The van der Waals surface area contributed by atoms with E-state index in [4.69, 9.17) is 0 Å². The number of hydrogen-bond donors (Lipinski definition) is 0. The van der Waals surface area contributed by atoms with Gasteiger partial charge >= 0.3 is 0 Å². The summed E-state index contributed by atoms with van der Waals surface area (Å²) in [5.74, 6) is 0.674. The Kier molecular flexibility index (Phi) is 3.61. The van der Waals surface area contributed by atoms with Crippen LogP contribution in [0.4, 0.5) is 0 Å². The molecule has 62 valence electrons. The molecule has 0 radical (unpaired) electrons. The highest BCUT2D eigenvalue weighted by Crippen LogP contribution is 2.18. The summed E-state index contributed by atoms with van der Waals surface area (Å²) in [4.78, 5) is 11.4. The van der Waals surface area contributed by atoms with Crippen molar-refractivity contribution in [1.29, 1.82) is 0 Å². The number of carbonyl (C=O) groups excluding carboxylic acids is 1. The molecule has 0 fully saturated rings. The molecule has 1 aromatic rings. The van der Waals surface area contributed by atoms with Crippen LogP contribution in [0.1, 0.15) is 0 Å². The van der Waals surface area contributed by atoms with Crippen LogP contribution in [-0.2, 0) is 4.79 Å².